The molecule has 0 amide bonds. The van der Waals surface area contributed by atoms with Crippen LogP contribution in [0.25, 0.3) is 0 Å². The first-order valence-corrected chi connectivity index (χ1v) is 6.49. The molecule has 0 saturated heterocycles. The molecule has 1 atom stereocenters. The Bertz CT molecular complexity index is 479. The van der Waals surface area contributed by atoms with Crippen LogP contribution in [0.15, 0.2) is 29.5 Å². The second-order valence-electron chi connectivity index (χ2n) is 4.80. The Balaban J connectivity index is 2.34. The molecule has 1 aromatic rings. The van der Waals surface area contributed by atoms with E-state index in [1.807, 2.05) is 6.07 Å². The molecule has 1 aromatic carbocycles. The first-order chi connectivity index (χ1) is 8.58. The van der Waals surface area contributed by atoms with E-state index >= 15 is 0 Å². The van der Waals surface area contributed by atoms with Gasteiger partial charge in [-0.15, -0.1) is 0 Å². The molecule has 18 heavy (non-hydrogen) atoms. The fourth-order valence-electron chi connectivity index (χ4n) is 2.66. The summed E-state index contributed by atoms with van der Waals surface area (Å²) in [5.74, 6) is 0.934. The van der Waals surface area contributed by atoms with Crippen molar-refractivity contribution in [3.8, 4) is 5.75 Å². The second-order valence-corrected chi connectivity index (χ2v) is 4.80. The first kappa shape index (κ1) is 13.0. The van der Waals surface area contributed by atoms with Gasteiger partial charge in [-0.3, -0.25) is 5.01 Å². The van der Waals surface area contributed by atoms with Gasteiger partial charge < -0.3 is 4.74 Å². The first-order valence-electron chi connectivity index (χ1n) is 6.49. The van der Waals surface area contributed by atoms with Gasteiger partial charge >= 0.3 is 0 Å². The largest absolute Gasteiger partial charge is 0.496 e. The number of nitrogens with one attached hydrogen (secondary N) is 1. The van der Waals surface area contributed by atoms with E-state index < -0.39 is 0 Å². The molecule has 1 aliphatic rings. The zero-order valence-corrected chi connectivity index (χ0v) is 11.9. The molecule has 1 unspecified atom stereocenters. The zero-order valence-electron chi connectivity index (χ0n) is 11.9. The molecule has 1 aliphatic heterocycles. The van der Waals surface area contributed by atoms with Gasteiger partial charge in [-0.2, -0.15) is 0 Å². The van der Waals surface area contributed by atoms with E-state index in [1.165, 1.54) is 17.0 Å². The van der Waals surface area contributed by atoms with E-state index in [0.717, 1.165) is 17.7 Å². The van der Waals surface area contributed by atoms with Crippen LogP contribution in [0.5, 0.6) is 5.75 Å². The van der Waals surface area contributed by atoms with Gasteiger partial charge in [0.1, 0.15) is 5.75 Å². The molecular weight excluding hydrogens is 224 g/mol. The summed E-state index contributed by atoms with van der Waals surface area (Å²) in [5.41, 5.74) is 8.62. The molecule has 0 bridgehead atoms. The van der Waals surface area contributed by atoms with Crippen molar-refractivity contribution in [3.05, 3.63) is 35.0 Å². The van der Waals surface area contributed by atoms with E-state index in [1.54, 1.807) is 7.11 Å². The molecule has 1 N–H and O–H groups in total. The third kappa shape index (κ3) is 2.10. The van der Waals surface area contributed by atoms with Gasteiger partial charge in [-0.25, -0.2) is 5.43 Å². The number of hydrogen-bond acceptors (Lipinski definition) is 3. The standard InChI is InChI=1S/C15H22N2O/c1-6-14-11(3)16-17(12(14)4)13-7-8-15(18-5)10(2)9-13/h7-9,11,16H,6H2,1-5H3. The van der Waals surface area contributed by atoms with Crippen LogP contribution in [0.4, 0.5) is 5.69 Å². The van der Waals surface area contributed by atoms with Crippen LogP contribution < -0.4 is 15.2 Å². The van der Waals surface area contributed by atoms with Crippen molar-refractivity contribution in [2.24, 2.45) is 0 Å². The normalized spacial score (nSPS) is 19.6. The zero-order chi connectivity index (χ0) is 13.3. The van der Waals surface area contributed by atoms with Gasteiger partial charge in [0.05, 0.1) is 12.8 Å². The number of methoxy groups -OCH3 is 1. The highest BCUT2D eigenvalue weighted by Gasteiger charge is 2.25. The molecule has 0 fully saturated rings. The number of anilines is 1. The molecule has 0 saturated carbocycles. The number of aryl methyl sites for hydroxylation is 1. The number of ether oxygens (including phenoxy) is 1. The minimum Gasteiger partial charge on any atom is -0.496 e. The second kappa shape index (κ2) is 5.02. The Kier molecular flexibility index (Phi) is 3.62. The van der Waals surface area contributed by atoms with Crippen molar-refractivity contribution in [2.45, 2.75) is 40.2 Å². The summed E-state index contributed by atoms with van der Waals surface area (Å²) in [4.78, 5) is 0. The van der Waals surface area contributed by atoms with Gasteiger partial charge in [0.15, 0.2) is 0 Å². The van der Waals surface area contributed by atoms with Crippen LogP contribution in [0.2, 0.25) is 0 Å². The minimum absolute atomic E-state index is 0.414. The number of hydrazine groups is 1. The maximum absolute atomic E-state index is 5.30. The summed E-state index contributed by atoms with van der Waals surface area (Å²) < 4.78 is 5.30. The van der Waals surface area contributed by atoms with Crippen LogP contribution in [-0.4, -0.2) is 13.2 Å². The Hall–Kier alpha value is -1.48. The SMILES string of the molecule is CCC1=C(C)N(c2ccc(OC)c(C)c2)NC1C. The Morgan fingerprint density at radius 1 is 1.33 bits per heavy atom. The molecule has 3 heteroatoms. The van der Waals surface area contributed by atoms with Gasteiger partial charge in [0.2, 0.25) is 0 Å². The van der Waals surface area contributed by atoms with Crippen LogP contribution in [-0.2, 0) is 0 Å². The van der Waals surface area contributed by atoms with Crippen molar-refractivity contribution in [3.63, 3.8) is 0 Å². The highest BCUT2D eigenvalue weighted by molar-refractivity contribution is 5.58. The van der Waals surface area contributed by atoms with Crippen LogP contribution in [0.1, 0.15) is 32.8 Å². The summed E-state index contributed by atoms with van der Waals surface area (Å²) in [6.45, 7) is 8.66. The van der Waals surface area contributed by atoms with Gasteiger partial charge in [0, 0.05) is 11.7 Å². The average molecular weight is 246 g/mol. The topological polar surface area (TPSA) is 24.5 Å². The Morgan fingerprint density at radius 3 is 2.56 bits per heavy atom. The number of hydrogen-bond donors (Lipinski definition) is 1. The molecule has 2 rings (SSSR count). The van der Waals surface area contributed by atoms with Crippen molar-refractivity contribution < 1.29 is 4.74 Å². The van der Waals surface area contributed by atoms with E-state index in [4.69, 9.17) is 4.74 Å². The highest BCUT2D eigenvalue weighted by atomic mass is 16.5. The predicted molar refractivity (Wildman–Crippen MR) is 75.8 cm³/mol. The summed E-state index contributed by atoms with van der Waals surface area (Å²) >= 11 is 0. The highest BCUT2D eigenvalue weighted by Crippen LogP contribution is 2.30. The lowest BCUT2D eigenvalue weighted by Gasteiger charge is -2.22. The average Bonchev–Trinajstić information content (AvgIpc) is 2.64. The summed E-state index contributed by atoms with van der Waals surface area (Å²) in [6, 6.07) is 6.68. The van der Waals surface area contributed by atoms with Crippen LogP contribution in [0, 0.1) is 6.92 Å². The fraction of sp³-hybridized carbons (Fsp3) is 0.467. The maximum Gasteiger partial charge on any atom is 0.121 e. The van der Waals surface area contributed by atoms with E-state index in [-0.39, 0.29) is 0 Å². The Labute approximate surface area is 109 Å². The van der Waals surface area contributed by atoms with Gasteiger partial charge in [-0.1, -0.05) is 6.92 Å². The quantitative estimate of drug-likeness (QED) is 0.884. The number of benzene rings is 1. The number of allylic oxidation sites excluding steroid dienone is 1. The third-order valence-electron chi connectivity index (χ3n) is 3.66. The lowest BCUT2D eigenvalue weighted by molar-refractivity contribution is 0.411. The molecule has 0 aromatic heterocycles. The van der Waals surface area contributed by atoms with Crippen molar-refractivity contribution in [1.82, 2.24) is 5.43 Å². The maximum atomic E-state index is 5.30. The van der Waals surface area contributed by atoms with E-state index in [0.29, 0.717) is 6.04 Å². The van der Waals surface area contributed by atoms with Crippen molar-refractivity contribution in [1.29, 1.82) is 0 Å². The lowest BCUT2D eigenvalue weighted by atomic mass is 10.1. The van der Waals surface area contributed by atoms with Crippen molar-refractivity contribution >= 4 is 5.69 Å². The monoisotopic (exact) mass is 246 g/mol. The molecule has 0 spiro atoms. The third-order valence-corrected chi connectivity index (χ3v) is 3.66. The smallest absolute Gasteiger partial charge is 0.121 e. The Morgan fingerprint density at radius 2 is 2.06 bits per heavy atom. The van der Waals surface area contributed by atoms with Gasteiger partial charge in [-0.05, 0) is 56.5 Å². The molecule has 3 nitrogen and oxygen atoms in total. The number of rotatable bonds is 3. The summed E-state index contributed by atoms with van der Waals surface area (Å²) in [6.07, 6.45) is 1.09. The fourth-order valence-corrected chi connectivity index (χ4v) is 2.66. The minimum atomic E-state index is 0.414. The van der Waals surface area contributed by atoms with E-state index in [9.17, 15) is 0 Å². The van der Waals surface area contributed by atoms with E-state index in [2.05, 4.69) is 50.3 Å². The predicted octanol–water partition coefficient (Wildman–Crippen LogP) is 3.40. The summed E-state index contributed by atoms with van der Waals surface area (Å²) in [7, 11) is 1.71. The molecule has 0 aliphatic carbocycles. The van der Waals surface area contributed by atoms with Crippen LogP contribution in [0.3, 0.4) is 0 Å². The molecular formula is C15H22N2O. The lowest BCUT2D eigenvalue weighted by Crippen LogP contribution is -2.35. The molecule has 0 radical (unpaired) electrons. The number of nitrogens with zero attached hydrogens (tertiary/aromatic N) is 1. The summed E-state index contributed by atoms with van der Waals surface area (Å²) in [5, 5.41) is 2.18. The molecule has 98 valence electrons. The van der Waals surface area contributed by atoms with Gasteiger partial charge in [0.25, 0.3) is 0 Å². The van der Waals surface area contributed by atoms with Crippen molar-refractivity contribution in [2.75, 3.05) is 12.1 Å². The van der Waals surface area contributed by atoms with Crippen LogP contribution >= 0.6 is 0 Å². The molecule has 1 heterocycles.